The lowest BCUT2D eigenvalue weighted by Crippen LogP contribution is -2.35. The van der Waals surface area contributed by atoms with Gasteiger partial charge in [-0.05, 0) is 20.2 Å². The van der Waals surface area contributed by atoms with Crippen molar-refractivity contribution in [3.05, 3.63) is 34.2 Å². The summed E-state index contributed by atoms with van der Waals surface area (Å²) in [5.41, 5.74) is 0. The monoisotopic (exact) mass is 326 g/mol. The zero-order valence-corrected chi connectivity index (χ0v) is 13.7. The van der Waals surface area contributed by atoms with Gasteiger partial charge in [0.2, 0.25) is 0 Å². The van der Waals surface area contributed by atoms with Gasteiger partial charge in [0.05, 0.1) is 11.6 Å². The summed E-state index contributed by atoms with van der Waals surface area (Å²) in [5.74, 6) is -0.814. The van der Waals surface area contributed by atoms with E-state index in [9.17, 15) is 4.79 Å². The number of nitrogens with zero attached hydrogens (tertiary/aromatic N) is 2. The molecule has 0 aliphatic carbocycles. The molecule has 1 N–H and O–H groups in total. The molecule has 21 heavy (non-hydrogen) atoms. The maximum Gasteiger partial charge on any atom is 0.317 e. The molecule has 0 saturated carbocycles. The number of halogens is 1. The van der Waals surface area contributed by atoms with E-state index < -0.39 is 5.97 Å². The highest BCUT2D eigenvalue weighted by atomic mass is 35.5. The molecule has 6 heteroatoms. The predicted molar refractivity (Wildman–Crippen MR) is 88.3 cm³/mol. The maximum absolute atomic E-state index is 11.0. The third-order valence-corrected chi connectivity index (χ3v) is 4.89. The molecule has 0 saturated heterocycles. The number of rotatable bonds is 7. The molecule has 2 aromatic rings. The second-order valence-corrected chi connectivity index (χ2v) is 6.76. The van der Waals surface area contributed by atoms with E-state index in [4.69, 9.17) is 16.7 Å². The first-order chi connectivity index (χ1) is 9.97. The third kappa shape index (κ3) is 4.41. The maximum atomic E-state index is 11.0. The zero-order valence-electron chi connectivity index (χ0n) is 12.2. The van der Waals surface area contributed by atoms with Crippen LogP contribution in [-0.4, -0.2) is 54.6 Å². The van der Waals surface area contributed by atoms with Crippen LogP contribution < -0.4 is 0 Å². The van der Waals surface area contributed by atoms with Crippen molar-refractivity contribution in [2.45, 2.75) is 6.54 Å². The van der Waals surface area contributed by atoms with Gasteiger partial charge >= 0.3 is 5.97 Å². The number of carbonyl (C=O) groups is 1. The van der Waals surface area contributed by atoms with E-state index in [1.165, 1.54) is 0 Å². The van der Waals surface area contributed by atoms with Crippen LogP contribution in [0.2, 0.25) is 5.02 Å². The fourth-order valence-electron chi connectivity index (χ4n) is 2.12. The molecular formula is C15H19ClN2O2S. The van der Waals surface area contributed by atoms with Gasteiger partial charge < -0.3 is 10.0 Å². The van der Waals surface area contributed by atoms with Crippen LogP contribution in [0, 0.1) is 0 Å². The van der Waals surface area contributed by atoms with Crippen LogP contribution in [0.1, 0.15) is 4.88 Å². The summed E-state index contributed by atoms with van der Waals surface area (Å²) in [4.78, 5) is 16.0. The quantitative estimate of drug-likeness (QED) is 0.849. The molecule has 1 aromatic carbocycles. The molecule has 1 aromatic heterocycles. The second kappa shape index (κ2) is 7.22. The van der Waals surface area contributed by atoms with Crippen LogP contribution in [0.15, 0.2) is 24.3 Å². The van der Waals surface area contributed by atoms with Crippen molar-refractivity contribution in [3.63, 3.8) is 0 Å². The predicted octanol–water partition coefficient (Wildman–Crippen LogP) is 3.00. The van der Waals surface area contributed by atoms with Gasteiger partial charge in [-0.2, -0.15) is 0 Å². The number of carboxylic acids is 1. The summed E-state index contributed by atoms with van der Waals surface area (Å²) in [7, 11) is 3.96. The van der Waals surface area contributed by atoms with Gasteiger partial charge in [-0.1, -0.05) is 29.8 Å². The molecule has 0 atom stereocenters. The largest absolute Gasteiger partial charge is 0.480 e. The summed E-state index contributed by atoms with van der Waals surface area (Å²) in [6.45, 7) is 2.11. The summed E-state index contributed by atoms with van der Waals surface area (Å²) in [6.07, 6.45) is 0. The Bertz CT molecular complexity index is 627. The van der Waals surface area contributed by atoms with Crippen LogP contribution in [0.5, 0.6) is 0 Å². The molecule has 0 spiro atoms. The number of aliphatic carboxylic acids is 1. The Labute approximate surface area is 133 Å². The van der Waals surface area contributed by atoms with E-state index >= 15 is 0 Å². The molecular weight excluding hydrogens is 308 g/mol. The minimum absolute atomic E-state index is 0.0262. The fraction of sp³-hybridized carbons (Fsp3) is 0.400. The lowest BCUT2D eigenvalue weighted by Gasteiger charge is -2.21. The van der Waals surface area contributed by atoms with Gasteiger partial charge in [-0.25, -0.2) is 0 Å². The summed E-state index contributed by atoms with van der Waals surface area (Å²) >= 11 is 8.06. The smallest absolute Gasteiger partial charge is 0.317 e. The topological polar surface area (TPSA) is 43.8 Å². The number of hydrogen-bond acceptors (Lipinski definition) is 4. The zero-order chi connectivity index (χ0) is 15.4. The lowest BCUT2D eigenvalue weighted by atomic mass is 10.2. The van der Waals surface area contributed by atoms with E-state index in [2.05, 4.69) is 0 Å². The van der Waals surface area contributed by atoms with E-state index in [0.717, 1.165) is 26.5 Å². The van der Waals surface area contributed by atoms with Gasteiger partial charge in [0.1, 0.15) is 0 Å². The van der Waals surface area contributed by atoms with Crippen LogP contribution in [0.3, 0.4) is 0 Å². The Morgan fingerprint density at radius 1 is 1.29 bits per heavy atom. The molecule has 0 aliphatic heterocycles. The van der Waals surface area contributed by atoms with Crippen LogP contribution >= 0.6 is 22.9 Å². The van der Waals surface area contributed by atoms with Crippen molar-refractivity contribution in [2.75, 3.05) is 33.7 Å². The molecule has 114 valence electrons. The molecule has 0 radical (unpaired) electrons. The molecule has 1 heterocycles. The Hall–Kier alpha value is -1.14. The first-order valence-corrected chi connectivity index (χ1v) is 7.91. The van der Waals surface area contributed by atoms with Gasteiger partial charge in [-0.3, -0.25) is 9.69 Å². The van der Waals surface area contributed by atoms with E-state index in [1.54, 1.807) is 11.3 Å². The van der Waals surface area contributed by atoms with Crippen molar-refractivity contribution in [1.82, 2.24) is 9.80 Å². The van der Waals surface area contributed by atoms with Crippen LogP contribution in [-0.2, 0) is 11.3 Å². The normalized spacial score (nSPS) is 11.7. The minimum atomic E-state index is -0.814. The number of fused-ring (bicyclic) bond motifs is 1. The van der Waals surface area contributed by atoms with Crippen molar-refractivity contribution in [2.24, 2.45) is 0 Å². The Balaban J connectivity index is 2.17. The highest BCUT2D eigenvalue weighted by Crippen LogP contribution is 2.35. The minimum Gasteiger partial charge on any atom is -0.480 e. The van der Waals surface area contributed by atoms with Gasteiger partial charge in [0, 0.05) is 34.6 Å². The van der Waals surface area contributed by atoms with E-state index in [0.29, 0.717) is 13.1 Å². The number of likely N-dealkylation sites (N-methyl/N-ethyl adjacent to an activating group) is 1. The van der Waals surface area contributed by atoms with E-state index in [1.807, 2.05) is 48.2 Å². The first-order valence-electron chi connectivity index (χ1n) is 6.72. The van der Waals surface area contributed by atoms with Crippen LogP contribution in [0.4, 0.5) is 0 Å². The second-order valence-electron chi connectivity index (χ2n) is 5.24. The Kier molecular flexibility index (Phi) is 5.58. The van der Waals surface area contributed by atoms with E-state index in [-0.39, 0.29) is 6.54 Å². The van der Waals surface area contributed by atoms with Gasteiger partial charge in [-0.15, -0.1) is 11.3 Å². The molecule has 4 nitrogen and oxygen atoms in total. The summed E-state index contributed by atoms with van der Waals surface area (Å²) in [5, 5.41) is 10.8. The SMILES string of the molecule is CN(C)CCN(CC(=O)O)Cc1sc2ccccc2c1Cl. The Morgan fingerprint density at radius 2 is 2.00 bits per heavy atom. The summed E-state index contributed by atoms with van der Waals surface area (Å²) < 4.78 is 1.14. The number of hydrogen-bond donors (Lipinski definition) is 1. The average molecular weight is 327 g/mol. The van der Waals surface area contributed by atoms with Crippen molar-refractivity contribution < 1.29 is 9.90 Å². The molecule has 0 aliphatic rings. The molecule has 2 rings (SSSR count). The molecule has 0 fully saturated rings. The van der Waals surface area contributed by atoms with Crippen molar-refractivity contribution in [3.8, 4) is 0 Å². The highest BCUT2D eigenvalue weighted by molar-refractivity contribution is 7.19. The summed E-state index contributed by atoms with van der Waals surface area (Å²) in [6, 6.07) is 7.99. The van der Waals surface area contributed by atoms with Gasteiger partial charge in [0.15, 0.2) is 0 Å². The fourth-order valence-corrected chi connectivity index (χ4v) is 3.65. The first kappa shape index (κ1) is 16.2. The van der Waals surface area contributed by atoms with Crippen LogP contribution in [0.25, 0.3) is 10.1 Å². The average Bonchev–Trinajstić information content (AvgIpc) is 2.73. The molecule has 0 unspecified atom stereocenters. The molecule has 0 bridgehead atoms. The van der Waals surface area contributed by atoms with Crippen molar-refractivity contribution >= 4 is 39.0 Å². The Morgan fingerprint density at radius 3 is 2.62 bits per heavy atom. The number of benzene rings is 1. The number of carboxylic acid groups (broad SMARTS) is 1. The molecule has 0 amide bonds. The number of thiophene rings is 1. The third-order valence-electron chi connectivity index (χ3n) is 3.19. The lowest BCUT2D eigenvalue weighted by molar-refractivity contribution is -0.138. The van der Waals surface area contributed by atoms with Gasteiger partial charge in [0.25, 0.3) is 0 Å². The highest BCUT2D eigenvalue weighted by Gasteiger charge is 2.16. The standard InChI is InChI=1S/C15H19ClN2O2S/c1-17(2)7-8-18(10-14(19)20)9-13-15(16)11-5-3-4-6-12(11)21-13/h3-6H,7-10H2,1-2H3,(H,19,20). The van der Waals surface area contributed by atoms with Crippen molar-refractivity contribution in [1.29, 1.82) is 0 Å².